The molecule has 0 saturated heterocycles. The Bertz CT molecular complexity index is 1510. The molecule has 0 aliphatic carbocycles. The van der Waals surface area contributed by atoms with Gasteiger partial charge in [-0.1, -0.05) is 12.1 Å². The van der Waals surface area contributed by atoms with Crippen molar-refractivity contribution in [3.63, 3.8) is 0 Å². The van der Waals surface area contributed by atoms with Crippen molar-refractivity contribution >= 4 is 28.4 Å². The van der Waals surface area contributed by atoms with Gasteiger partial charge in [0.15, 0.2) is 0 Å². The first-order valence-corrected chi connectivity index (χ1v) is 11.1. The highest BCUT2D eigenvalue weighted by atomic mass is 19.1. The fourth-order valence-corrected chi connectivity index (χ4v) is 3.84. The van der Waals surface area contributed by atoms with Crippen molar-refractivity contribution in [1.82, 2.24) is 20.1 Å². The lowest BCUT2D eigenvalue weighted by Gasteiger charge is -2.11. The van der Waals surface area contributed by atoms with Gasteiger partial charge in [0.2, 0.25) is 0 Å². The quantitative estimate of drug-likeness (QED) is 0.368. The number of aryl methyl sites for hydroxylation is 1. The molecule has 182 valence electrons. The normalized spacial score (nSPS) is 10.8. The number of benzene rings is 2. The van der Waals surface area contributed by atoms with E-state index in [-0.39, 0.29) is 29.9 Å². The Morgan fingerprint density at radius 2 is 1.86 bits per heavy atom. The van der Waals surface area contributed by atoms with Crippen LogP contribution in [0.25, 0.3) is 10.9 Å². The first-order valence-electron chi connectivity index (χ1n) is 11.1. The number of hydrogen-bond donors (Lipinski definition) is 3. The Hall–Kier alpha value is -4.62. The predicted molar refractivity (Wildman–Crippen MR) is 131 cm³/mol. The molecule has 9 nitrogen and oxygen atoms in total. The van der Waals surface area contributed by atoms with Crippen LogP contribution >= 0.6 is 0 Å². The van der Waals surface area contributed by atoms with E-state index in [2.05, 4.69) is 26.8 Å². The minimum atomic E-state index is -0.591. The Morgan fingerprint density at radius 3 is 2.56 bits per heavy atom. The second-order valence-electron chi connectivity index (χ2n) is 8.16. The van der Waals surface area contributed by atoms with Crippen molar-refractivity contribution in [2.24, 2.45) is 0 Å². The highest BCUT2D eigenvalue weighted by Crippen LogP contribution is 2.25. The van der Waals surface area contributed by atoms with Crippen molar-refractivity contribution < 1.29 is 19.1 Å². The molecular formula is C26H23FN6O3. The summed E-state index contributed by atoms with van der Waals surface area (Å²) in [6, 6.07) is 14.4. The largest absolute Gasteiger partial charge is 0.395 e. The minimum Gasteiger partial charge on any atom is -0.395 e. The standard InChI is InChI=1S/C26H23FN6O3/c1-15-24(16(2)33(32-15)14-18-5-3-17(13-28)4-6-18)31-25(35)21-12-23(26(36)29-9-10-34)30-22-11-19(27)7-8-20(21)22/h3-8,11-12,34H,9-10,14H2,1-2H3,(H,29,36)(H,31,35). The van der Waals surface area contributed by atoms with E-state index in [1.807, 2.05) is 19.1 Å². The number of hydrogen-bond acceptors (Lipinski definition) is 6. The van der Waals surface area contributed by atoms with E-state index in [0.717, 1.165) is 17.3 Å². The summed E-state index contributed by atoms with van der Waals surface area (Å²) in [5, 5.41) is 28.2. The summed E-state index contributed by atoms with van der Waals surface area (Å²) in [4.78, 5) is 30.0. The number of carbonyl (C=O) groups is 2. The van der Waals surface area contributed by atoms with E-state index in [4.69, 9.17) is 10.4 Å². The van der Waals surface area contributed by atoms with E-state index in [9.17, 15) is 14.0 Å². The van der Waals surface area contributed by atoms with Gasteiger partial charge in [0.25, 0.3) is 11.8 Å². The van der Waals surface area contributed by atoms with Crippen molar-refractivity contribution in [3.8, 4) is 6.07 Å². The van der Waals surface area contributed by atoms with Gasteiger partial charge in [-0.3, -0.25) is 14.3 Å². The minimum absolute atomic E-state index is 0.0139. The SMILES string of the molecule is Cc1nn(Cc2ccc(C#N)cc2)c(C)c1NC(=O)c1cc(C(=O)NCCO)nc2cc(F)ccc12. The molecule has 0 fully saturated rings. The van der Waals surface area contributed by atoms with E-state index < -0.39 is 17.6 Å². The number of anilines is 1. The molecule has 4 rings (SSSR count). The molecule has 36 heavy (non-hydrogen) atoms. The van der Waals surface area contributed by atoms with Gasteiger partial charge in [-0.15, -0.1) is 0 Å². The topological polar surface area (TPSA) is 133 Å². The van der Waals surface area contributed by atoms with Crippen molar-refractivity contribution in [3.05, 3.63) is 88.1 Å². The molecule has 0 radical (unpaired) electrons. The number of aromatic nitrogens is 3. The highest BCUT2D eigenvalue weighted by molar-refractivity contribution is 6.14. The highest BCUT2D eigenvalue weighted by Gasteiger charge is 2.20. The smallest absolute Gasteiger partial charge is 0.270 e. The third kappa shape index (κ3) is 5.06. The summed E-state index contributed by atoms with van der Waals surface area (Å²) in [6.45, 7) is 3.80. The van der Waals surface area contributed by atoms with Crippen LogP contribution in [0, 0.1) is 31.0 Å². The van der Waals surface area contributed by atoms with Crippen LogP contribution in [0.5, 0.6) is 0 Å². The number of aliphatic hydroxyl groups excluding tert-OH is 1. The molecular weight excluding hydrogens is 463 g/mol. The van der Waals surface area contributed by atoms with Crippen molar-refractivity contribution in [1.29, 1.82) is 5.26 Å². The third-order valence-corrected chi connectivity index (χ3v) is 5.68. The lowest BCUT2D eigenvalue weighted by atomic mass is 10.1. The van der Waals surface area contributed by atoms with Crippen LogP contribution in [0.15, 0.2) is 48.5 Å². The van der Waals surface area contributed by atoms with Crippen LogP contribution in [0.2, 0.25) is 0 Å². The molecule has 0 spiro atoms. The molecule has 0 atom stereocenters. The number of fused-ring (bicyclic) bond motifs is 1. The van der Waals surface area contributed by atoms with Crippen molar-refractivity contribution in [2.45, 2.75) is 20.4 Å². The van der Waals surface area contributed by atoms with Gasteiger partial charge >= 0.3 is 0 Å². The second kappa shape index (κ2) is 10.3. The number of nitriles is 1. The molecule has 3 N–H and O–H groups in total. The lowest BCUT2D eigenvalue weighted by Crippen LogP contribution is -2.27. The van der Waals surface area contributed by atoms with Crippen LogP contribution in [-0.2, 0) is 6.54 Å². The third-order valence-electron chi connectivity index (χ3n) is 5.68. The maximum atomic E-state index is 13.9. The number of halogens is 1. The Morgan fingerprint density at radius 1 is 1.11 bits per heavy atom. The molecule has 0 aliphatic rings. The average molecular weight is 487 g/mol. The van der Waals surface area contributed by atoms with Crippen LogP contribution in [0.4, 0.5) is 10.1 Å². The van der Waals surface area contributed by atoms with Crippen molar-refractivity contribution in [2.75, 3.05) is 18.5 Å². The molecule has 0 bridgehead atoms. The lowest BCUT2D eigenvalue weighted by molar-refractivity contribution is 0.0940. The second-order valence-corrected chi connectivity index (χ2v) is 8.16. The fourth-order valence-electron chi connectivity index (χ4n) is 3.84. The molecule has 4 aromatic rings. The number of nitrogens with zero attached hydrogens (tertiary/aromatic N) is 4. The summed E-state index contributed by atoms with van der Waals surface area (Å²) in [6.07, 6.45) is 0. The zero-order valence-corrected chi connectivity index (χ0v) is 19.7. The summed E-state index contributed by atoms with van der Waals surface area (Å²) >= 11 is 0. The molecule has 0 saturated carbocycles. The van der Waals surface area contributed by atoms with Crippen LogP contribution < -0.4 is 10.6 Å². The van der Waals surface area contributed by atoms with Gasteiger partial charge in [-0.05, 0) is 49.7 Å². The Labute approximate surface area is 206 Å². The van der Waals surface area contributed by atoms with Gasteiger partial charge in [0, 0.05) is 18.0 Å². The number of rotatable bonds is 7. The van der Waals surface area contributed by atoms with Gasteiger partial charge in [0.1, 0.15) is 11.5 Å². The molecule has 0 aliphatic heterocycles. The summed E-state index contributed by atoms with van der Waals surface area (Å²) in [5.41, 5.74) is 3.57. The molecule has 2 aromatic heterocycles. The van der Waals surface area contributed by atoms with E-state index in [1.165, 1.54) is 18.2 Å². The molecule has 2 aromatic carbocycles. The van der Waals surface area contributed by atoms with Gasteiger partial charge in [-0.25, -0.2) is 9.37 Å². The monoisotopic (exact) mass is 486 g/mol. The average Bonchev–Trinajstić information content (AvgIpc) is 3.13. The summed E-state index contributed by atoms with van der Waals surface area (Å²) in [7, 11) is 0. The summed E-state index contributed by atoms with van der Waals surface area (Å²) in [5.74, 6) is -1.65. The predicted octanol–water partition coefficient (Wildman–Crippen LogP) is 3.08. The molecule has 2 heterocycles. The molecule has 2 amide bonds. The summed E-state index contributed by atoms with van der Waals surface area (Å²) < 4.78 is 15.6. The zero-order chi connectivity index (χ0) is 25.8. The number of pyridine rings is 1. The Kier molecular flexibility index (Phi) is 7.03. The first-order chi connectivity index (χ1) is 17.3. The van der Waals surface area contributed by atoms with E-state index >= 15 is 0 Å². The number of carbonyl (C=O) groups excluding carboxylic acids is 2. The maximum Gasteiger partial charge on any atom is 0.270 e. The maximum absolute atomic E-state index is 13.9. The van der Waals surface area contributed by atoms with E-state index in [1.54, 1.807) is 23.7 Å². The van der Waals surface area contributed by atoms with Gasteiger partial charge in [0.05, 0.1) is 52.9 Å². The fraction of sp³-hybridized carbons (Fsp3) is 0.192. The van der Waals surface area contributed by atoms with Gasteiger partial charge in [-0.2, -0.15) is 10.4 Å². The number of aliphatic hydroxyl groups is 1. The Balaban J connectivity index is 1.66. The van der Waals surface area contributed by atoms with Gasteiger partial charge < -0.3 is 15.7 Å². The zero-order valence-electron chi connectivity index (χ0n) is 19.7. The number of nitrogens with one attached hydrogen (secondary N) is 2. The van der Waals surface area contributed by atoms with Crippen LogP contribution in [0.1, 0.15) is 43.4 Å². The number of amides is 2. The molecule has 10 heteroatoms. The van der Waals surface area contributed by atoms with Crippen LogP contribution in [0.3, 0.4) is 0 Å². The first kappa shape index (κ1) is 24.5. The molecule has 0 unspecified atom stereocenters. The van der Waals surface area contributed by atoms with E-state index in [0.29, 0.717) is 28.9 Å². The van der Waals surface area contributed by atoms with Crippen LogP contribution in [-0.4, -0.2) is 44.8 Å².